The standard InChI is InChI=1S/C16H22N2O2/c1-2-3-12-20-16(19)18-10-8-14(9-11-18)13-4-6-15(17)7-5-13/h4-8H,2-3,9-12,17H2,1H3. The molecule has 1 aliphatic rings. The summed E-state index contributed by atoms with van der Waals surface area (Å²) in [6.07, 6.45) is 4.70. The number of amides is 1. The Hall–Kier alpha value is -1.97. The number of hydrogen-bond donors (Lipinski definition) is 1. The predicted octanol–water partition coefficient (Wildman–Crippen LogP) is 3.29. The van der Waals surface area contributed by atoms with Gasteiger partial charge >= 0.3 is 6.09 Å². The number of anilines is 1. The molecule has 1 aromatic carbocycles. The van der Waals surface area contributed by atoms with Crippen molar-refractivity contribution in [2.45, 2.75) is 26.2 Å². The fraction of sp³-hybridized carbons (Fsp3) is 0.438. The highest BCUT2D eigenvalue weighted by Crippen LogP contribution is 2.23. The molecule has 0 aromatic heterocycles. The van der Waals surface area contributed by atoms with Gasteiger partial charge in [0.05, 0.1) is 6.61 Å². The number of nitrogens with zero attached hydrogens (tertiary/aromatic N) is 1. The van der Waals surface area contributed by atoms with Gasteiger partial charge in [-0.25, -0.2) is 4.79 Å². The molecule has 2 rings (SSSR count). The zero-order chi connectivity index (χ0) is 14.4. The molecule has 1 aromatic rings. The van der Waals surface area contributed by atoms with E-state index >= 15 is 0 Å². The fourth-order valence-electron chi connectivity index (χ4n) is 2.19. The van der Waals surface area contributed by atoms with Crippen LogP contribution in [0, 0.1) is 0 Å². The Morgan fingerprint density at radius 1 is 1.35 bits per heavy atom. The third kappa shape index (κ3) is 3.76. The van der Waals surface area contributed by atoms with E-state index in [-0.39, 0.29) is 6.09 Å². The van der Waals surface area contributed by atoms with Gasteiger partial charge in [0, 0.05) is 18.8 Å². The second kappa shape index (κ2) is 6.98. The summed E-state index contributed by atoms with van der Waals surface area (Å²) in [6.45, 7) is 3.92. The molecule has 2 N–H and O–H groups in total. The topological polar surface area (TPSA) is 55.6 Å². The summed E-state index contributed by atoms with van der Waals surface area (Å²) in [4.78, 5) is 13.6. The zero-order valence-corrected chi connectivity index (χ0v) is 12.0. The SMILES string of the molecule is CCCCOC(=O)N1CC=C(c2ccc(N)cc2)CC1. The van der Waals surface area contributed by atoms with Crippen LogP contribution in [0.25, 0.3) is 5.57 Å². The number of nitrogen functional groups attached to an aromatic ring is 1. The highest BCUT2D eigenvalue weighted by atomic mass is 16.6. The van der Waals surface area contributed by atoms with Crippen LogP contribution in [0.4, 0.5) is 10.5 Å². The van der Waals surface area contributed by atoms with Crippen LogP contribution in [0.5, 0.6) is 0 Å². The van der Waals surface area contributed by atoms with Crippen LogP contribution in [0.2, 0.25) is 0 Å². The van der Waals surface area contributed by atoms with Crippen molar-refractivity contribution in [3.63, 3.8) is 0 Å². The minimum Gasteiger partial charge on any atom is -0.449 e. The van der Waals surface area contributed by atoms with Gasteiger partial charge in [0.15, 0.2) is 0 Å². The Morgan fingerprint density at radius 2 is 2.10 bits per heavy atom. The van der Waals surface area contributed by atoms with Gasteiger partial charge < -0.3 is 15.4 Å². The Bertz CT molecular complexity index is 480. The average molecular weight is 274 g/mol. The number of carbonyl (C=O) groups is 1. The molecule has 0 saturated carbocycles. The maximum atomic E-state index is 11.8. The van der Waals surface area contributed by atoms with Gasteiger partial charge in [-0.15, -0.1) is 0 Å². The van der Waals surface area contributed by atoms with Gasteiger partial charge in [-0.1, -0.05) is 31.6 Å². The summed E-state index contributed by atoms with van der Waals surface area (Å²) < 4.78 is 5.22. The normalized spacial score (nSPS) is 14.8. The van der Waals surface area contributed by atoms with Gasteiger partial charge in [-0.2, -0.15) is 0 Å². The molecule has 4 nitrogen and oxygen atoms in total. The van der Waals surface area contributed by atoms with Gasteiger partial charge in [-0.05, 0) is 36.1 Å². The largest absolute Gasteiger partial charge is 0.449 e. The molecule has 0 unspecified atom stereocenters. The van der Waals surface area contributed by atoms with Crippen molar-refractivity contribution in [2.75, 3.05) is 25.4 Å². The first-order valence-electron chi connectivity index (χ1n) is 7.17. The second-order valence-corrected chi connectivity index (χ2v) is 5.02. The van der Waals surface area contributed by atoms with Crippen LogP contribution in [0.3, 0.4) is 0 Å². The molecule has 0 spiro atoms. The molecule has 108 valence electrons. The molecule has 0 atom stereocenters. The molecule has 20 heavy (non-hydrogen) atoms. The summed E-state index contributed by atoms with van der Waals surface area (Å²) in [5.74, 6) is 0. The third-order valence-corrected chi connectivity index (χ3v) is 3.47. The molecule has 0 saturated heterocycles. The van der Waals surface area contributed by atoms with E-state index in [0.717, 1.165) is 24.9 Å². The third-order valence-electron chi connectivity index (χ3n) is 3.47. The highest BCUT2D eigenvalue weighted by molar-refractivity contribution is 5.72. The lowest BCUT2D eigenvalue weighted by Gasteiger charge is -2.26. The molecule has 1 aliphatic heterocycles. The average Bonchev–Trinajstić information content (AvgIpc) is 2.48. The smallest absolute Gasteiger partial charge is 0.410 e. The lowest BCUT2D eigenvalue weighted by Crippen LogP contribution is -2.35. The minimum absolute atomic E-state index is 0.203. The van der Waals surface area contributed by atoms with E-state index in [0.29, 0.717) is 19.7 Å². The van der Waals surface area contributed by atoms with E-state index in [2.05, 4.69) is 13.0 Å². The Labute approximate surface area is 120 Å². The number of carbonyl (C=O) groups excluding carboxylic acids is 1. The van der Waals surface area contributed by atoms with Gasteiger partial charge in [0.1, 0.15) is 0 Å². The molecule has 1 heterocycles. The van der Waals surface area contributed by atoms with Crippen molar-refractivity contribution in [1.29, 1.82) is 0 Å². The van der Waals surface area contributed by atoms with E-state index in [9.17, 15) is 4.79 Å². The number of benzene rings is 1. The molecular weight excluding hydrogens is 252 g/mol. The van der Waals surface area contributed by atoms with Crippen LogP contribution in [0.15, 0.2) is 30.3 Å². The lowest BCUT2D eigenvalue weighted by molar-refractivity contribution is 0.105. The maximum Gasteiger partial charge on any atom is 0.410 e. The molecule has 0 aliphatic carbocycles. The Morgan fingerprint density at radius 3 is 2.70 bits per heavy atom. The molecule has 0 radical (unpaired) electrons. The number of hydrogen-bond acceptors (Lipinski definition) is 3. The van der Waals surface area contributed by atoms with Gasteiger partial charge in [-0.3, -0.25) is 0 Å². The molecule has 1 amide bonds. The minimum atomic E-state index is -0.203. The number of rotatable bonds is 4. The van der Waals surface area contributed by atoms with Crippen molar-refractivity contribution in [1.82, 2.24) is 4.90 Å². The quantitative estimate of drug-likeness (QED) is 0.677. The van der Waals surface area contributed by atoms with Gasteiger partial charge in [0.2, 0.25) is 0 Å². The molecule has 4 heteroatoms. The van der Waals surface area contributed by atoms with Crippen LogP contribution in [-0.2, 0) is 4.74 Å². The monoisotopic (exact) mass is 274 g/mol. The first kappa shape index (κ1) is 14.4. The molecular formula is C16H22N2O2. The van der Waals surface area contributed by atoms with Crippen LogP contribution in [-0.4, -0.2) is 30.7 Å². The zero-order valence-electron chi connectivity index (χ0n) is 12.0. The van der Waals surface area contributed by atoms with Crippen LogP contribution >= 0.6 is 0 Å². The Balaban J connectivity index is 1.89. The number of ether oxygens (including phenoxy) is 1. The first-order valence-corrected chi connectivity index (χ1v) is 7.17. The summed E-state index contributed by atoms with van der Waals surface area (Å²) in [5, 5.41) is 0. The highest BCUT2D eigenvalue weighted by Gasteiger charge is 2.18. The molecule has 0 bridgehead atoms. The molecule has 0 fully saturated rings. The van der Waals surface area contributed by atoms with E-state index in [1.54, 1.807) is 4.90 Å². The number of nitrogens with two attached hydrogens (primary N) is 1. The summed E-state index contributed by atoms with van der Waals surface area (Å²) >= 11 is 0. The van der Waals surface area contributed by atoms with Crippen molar-refractivity contribution >= 4 is 17.4 Å². The lowest BCUT2D eigenvalue weighted by atomic mass is 9.99. The predicted molar refractivity (Wildman–Crippen MR) is 81.3 cm³/mol. The van der Waals surface area contributed by atoms with Crippen LogP contribution in [0.1, 0.15) is 31.7 Å². The van der Waals surface area contributed by atoms with E-state index in [4.69, 9.17) is 10.5 Å². The van der Waals surface area contributed by atoms with Crippen molar-refractivity contribution < 1.29 is 9.53 Å². The summed E-state index contributed by atoms with van der Waals surface area (Å²) in [7, 11) is 0. The van der Waals surface area contributed by atoms with E-state index < -0.39 is 0 Å². The number of unbranched alkanes of at least 4 members (excludes halogenated alkanes) is 1. The fourth-order valence-corrected chi connectivity index (χ4v) is 2.19. The van der Waals surface area contributed by atoms with E-state index in [1.807, 2.05) is 24.3 Å². The van der Waals surface area contributed by atoms with Crippen molar-refractivity contribution in [2.24, 2.45) is 0 Å². The first-order chi connectivity index (χ1) is 9.70. The van der Waals surface area contributed by atoms with E-state index in [1.165, 1.54) is 11.1 Å². The van der Waals surface area contributed by atoms with Gasteiger partial charge in [0.25, 0.3) is 0 Å². The maximum absolute atomic E-state index is 11.8. The Kier molecular flexibility index (Phi) is 5.04. The van der Waals surface area contributed by atoms with Crippen molar-refractivity contribution in [3.05, 3.63) is 35.9 Å². The summed E-state index contributed by atoms with van der Waals surface area (Å²) in [5.41, 5.74) is 8.90. The van der Waals surface area contributed by atoms with Crippen LogP contribution < -0.4 is 5.73 Å². The summed E-state index contributed by atoms with van der Waals surface area (Å²) in [6, 6.07) is 7.86. The second-order valence-electron chi connectivity index (χ2n) is 5.02. The van der Waals surface area contributed by atoms with Crippen molar-refractivity contribution in [3.8, 4) is 0 Å².